The van der Waals surface area contributed by atoms with E-state index in [1.54, 1.807) is 0 Å². The van der Waals surface area contributed by atoms with Gasteiger partial charge in [0.25, 0.3) is 5.91 Å². The fraction of sp³-hybridized carbons (Fsp3) is 0.714. The standard InChI is InChI=1S/C14H23N3O2/c1-9(2)12(15)13-16-11(8-19-13)14(18)17-6-4-5-10(3)7-17/h8-10,12H,4-7,15H2,1-3H3. The van der Waals surface area contributed by atoms with Gasteiger partial charge in [-0.3, -0.25) is 4.79 Å². The van der Waals surface area contributed by atoms with Crippen LogP contribution in [0.3, 0.4) is 0 Å². The van der Waals surface area contributed by atoms with Crippen LogP contribution in [0.5, 0.6) is 0 Å². The number of carbonyl (C=O) groups excluding carboxylic acids is 1. The Morgan fingerprint density at radius 1 is 1.58 bits per heavy atom. The van der Waals surface area contributed by atoms with Crippen molar-refractivity contribution >= 4 is 5.91 Å². The Morgan fingerprint density at radius 2 is 2.32 bits per heavy atom. The maximum Gasteiger partial charge on any atom is 0.275 e. The molecule has 1 saturated heterocycles. The van der Waals surface area contributed by atoms with E-state index in [1.807, 2.05) is 18.7 Å². The van der Waals surface area contributed by atoms with Gasteiger partial charge >= 0.3 is 0 Å². The Labute approximate surface area is 114 Å². The van der Waals surface area contributed by atoms with Gasteiger partial charge in [-0.2, -0.15) is 0 Å². The van der Waals surface area contributed by atoms with Crippen LogP contribution in [0.1, 0.15) is 56.0 Å². The van der Waals surface area contributed by atoms with Gasteiger partial charge in [-0.1, -0.05) is 20.8 Å². The minimum Gasteiger partial charge on any atom is -0.446 e. The number of oxazole rings is 1. The highest BCUT2D eigenvalue weighted by Crippen LogP contribution is 2.21. The Bertz CT molecular complexity index is 442. The molecule has 1 aromatic heterocycles. The minimum absolute atomic E-state index is 0.0440. The first kappa shape index (κ1) is 14.1. The van der Waals surface area contributed by atoms with E-state index in [2.05, 4.69) is 11.9 Å². The fourth-order valence-corrected chi connectivity index (χ4v) is 2.36. The largest absolute Gasteiger partial charge is 0.446 e. The summed E-state index contributed by atoms with van der Waals surface area (Å²) < 4.78 is 5.34. The number of rotatable bonds is 3. The zero-order chi connectivity index (χ0) is 14.0. The Kier molecular flexibility index (Phi) is 4.24. The van der Waals surface area contributed by atoms with Crippen molar-refractivity contribution < 1.29 is 9.21 Å². The number of likely N-dealkylation sites (tertiary alicyclic amines) is 1. The second-order valence-electron chi connectivity index (χ2n) is 5.84. The summed E-state index contributed by atoms with van der Waals surface area (Å²) in [4.78, 5) is 18.4. The summed E-state index contributed by atoms with van der Waals surface area (Å²) in [6.45, 7) is 7.78. The molecule has 5 heteroatoms. The lowest BCUT2D eigenvalue weighted by Crippen LogP contribution is -2.39. The van der Waals surface area contributed by atoms with Gasteiger partial charge in [0.05, 0.1) is 6.04 Å². The average Bonchev–Trinajstić information content (AvgIpc) is 2.86. The molecular formula is C14H23N3O2. The normalized spacial score (nSPS) is 21.7. The van der Waals surface area contributed by atoms with E-state index in [1.165, 1.54) is 12.7 Å². The van der Waals surface area contributed by atoms with Gasteiger partial charge < -0.3 is 15.1 Å². The smallest absolute Gasteiger partial charge is 0.275 e. The van der Waals surface area contributed by atoms with E-state index in [0.29, 0.717) is 17.5 Å². The molecule has 0 spiro atoms. The lowest BCUT2D eigenvalue weighted by Gasteiger charge is -2.30. The highest BCUT2D eigenvalue weighted by Gasteiger charge is 2.25. The first-order valence-electron chi connectivity index (χ1n) is 6.99. The fourth-order valence-electron chi connectivity index (χ4n) is 2.36. The molecule has 2 rings (SSSR count). The van der Waals surface area contributed by atoms with Crippen molar-refractivity contribution in [3.05, 3.63) is 17.8 Å². The highest BCUT2D eigenvalue weighted by molar-refractivity contribution is 5.92. The van der Waals surface area contributed by atoms with Crippen LogP contribution in [-0.2, 0) is 0 Å². The number of nitrogens with zero attached hydrogens (tertiary/aromatic N) is 2. The predicted octanol–water partition coefficient (Wildman–Crippen LogP) is 2.20. The van der Waals surface area contributed by atoms with Crippen LogP contribution < -0.4 is 5.73 Å². The summed E-state index contributed by atoms with van der Waals surface area (Å²) in [5.74, 6) is 1.19. The first-order valence-corrected chi connectivity index (χ1v) is 6.99. The molecule has 1 aromatic rings. The number of piperidine rings is 1. The van der Waals surface area contributed by atoms with E-state index in [0.717, 1.165) is 19.5 Å². The number of aromatic nitrogens is 1. The number of nitrogens with two attached hydrogens (primary N) is 1. The third-order valence-corrected chi connectivity index (χ3v) is 3.69. The second-order valence-corrected chi connectivity index (χ2v) is 5.84. The predicted molar refractivity (Wildman–Crippen MR) is 72.6 cm³/mol. The van der Waals surface area contributed by atoms with Crippen LogP contribution >= 0.6 is 0 Å². The Balaban J connectivity index is 2.07. The minimum atomic E-state index is -0.262. The van der Waals surface area contributed by atoms with Gasteiger partial charge in [0.1, 0.15) is 6.26 Å². The Morgan fingerprint density at radius 3 is 2.95 bits per heavy atom. The van der Waals surface area contributed by atoms with Crippen LogP contribution in [-0.4, -0.2) is 28.9 Å². The molecule has 1 aliphatic heterocycles. The molecule has 2 atom stereocenters. The molecular weight excluding hydrogens is 242 g/mol. The number of hydrogen-bond donors (Lipinski definition) is 1. The van der Waals surface area contributed by atoms with E-state index in [4.69, 9.17) is 10.2 Å². The third kappa shape index (κ3) is 3.15. The van der Waals surface area contributed by atoms with Crippen LogP contribution in [0.25, 0.3) is 0 Å². The summed E-state index contributed by atoms with van der Waals surface area (Å²) >= 11 is 0. The molecule has 5 nitrogen and oxygen atoms in total. The molecule has 2 unspecified atom stereocenters. The molecule has 0 radical (unpaired) electrons. The maximum atomic E-state index is 12.3. The molecule has 0 saturated carbocycles. The van der Waals surface area contributed by atoms with Crippen LogP contribution in [0, 0.1) is 11.8 Å². The summed E-state index contributed by atoms with van der Waals surface area (Å²) in [5.41, 5.74) is 6.35. The summed E-state index contributed by atoms with van der Waals surface area (Å²) in [7, 11) is 0. The molecule has 2 heterocycles. The molecule has 2 N–H and O–H groups in total. The molecule has 106 valence electrons. The maximum absolute atomic E-state index is 12.3. The molecule has 1 amide bonds. The molecule has 0 aliphatic carbocycles. The van der Waals surface area contributed by atoms with Crippen LogP contribution in [0.15, 0.2) is 10.7 Å². The number of hydrogen-bond acceptors (Lipinski definition) is 4. The molecule has 1 fully saturated rings. The lowest BCUT2D eigenvalue weighted by atomic mass is 10.0. The monoisotopic (exact) mass is 265 g/mol. The van der Waals surface area contributed by atoms with Gasteiger partial charge in [0.2, 0.25) is 5.89 Å². The molecule has 1 aliphatic rings. The zero-order valence-electron chi connectivity index (χ0n) is 11.9. The van der Waals surface area contributed by atoms with Gasteiger partial charge in [-0.25, -0.2) is 4.98 Å². The zero-order valence-corrected chi connectivity index (χ0v) is 11.9. The van der Waals surface area contributed by atoms with Crippen molar-refractivity contribution in [1.82, 2.24) is 9.88 Å². The van der Waals surface area contributed by atoms with Gasteiger partial charge in [0, 0.05) is 13.1 Å². The van der Waals surface area contributed by atoms with E-state index in [9.17, 15) is 4.79 Å². The van der Waals surface area contributed by atoms with Crippen molar-refractivity contribution in [3.8, 4) is 0 Å². The van der Waals surface area contributed by atoms with Crippen LogP contribution in [0.2, 0.25) is 0 Å². The van der Waals surface area contributed by atoms with Crippen LogP contribution in [0.4, 0.5) is 0 Å². The molecule has 0 bridgehead atoms. The topological polar surface area (TPSA) is 72.4 Å². The summed E-state index contributed by atoms with van der Waals surface area (Å²) in [6, 6.07) is -0.262. The van der Waals surface area contributed by atoms with Gasteiger partial charge in [-0.15, -0.1) is 0 Å². The number of amides is 1. The van der Waals surface area contributed by atoms with E-state index >= 15 is 0 Å². The lowest BCUT2D eigenvalue weighted by molar-refractivity contribution is 0.0677. The van der Waals surface area contributed by atoms with Gasteiger partial charge in [0.15, 0.2) is 5.69 Å². The molecule has 19 heavy (non-hydrogen) atoms. The van der Waals surface area contributed by atoms with Gasteiger partial charge in [-0.05, 0) is 24.7 Å². The van der Waals surface area contributed by atoms with Crippen molar-refractivity contribution in [2.45, 2.75) is 39.7 Å². The third-order valence-electron chi connectivity index (χ3n) is 3.69. The van der Waals surface area contributed by atoms with Crippen molar-refractivity contribution in [1.29, 1.82) is 0 Å². The molecule has 0 aromatic carbocycles. The number of carbonyl (C=O) groups is 1. The van der Waals surface area contributed by atoms with E-state index < -0.39 is 0 Å². The average molecular weight is 265 g/mol. The quantitative estimate of drug-likeness (QED) is 0.909. The highest BCUT2D eigenvalue weighted by atomic mass is 16.3. The summed E-state index contributed by atoms with van der Waals surface area (Å²) in [6.07, 6.45) is 3.67. The Hall–Kier alpha value is -1.36. The van der Waals surface area contributed by atoms with Crippen molar-refractivity contribution in [3.63, 3.8) is 0 Å². The van der Waals surface area contributed by atoms with Crippen molar-refractivity contribution in [2.75, 3.05) is 13.1 Å². The second kappa shape index (κ2) is 5.74. The summed E-state index contributed by atoms with van der Waals surface area (Å²) in [5, 5.41) is 0. The SMILES string of the molecule is CC1CCCN(C(=O)c2coc(C(N)C(C)C)n2)C1. The van der Waals surface area contributed by atoms with E-state index in [-0.39, 0.29) is 17.9 Å². The van der Waals surface area contributed by atoms with Crippen molar-refractivity contribution in [2.24, 2.45) is 17.6 Å². The first-order chi connectivity index (χ1) is 8.99.